The first-order chi connectivity index (χ1) is 8.24. The van der Waals surface area contributed by atoms with Gasteiger partial charge >= 0.3 is 6.03 Å². The second-order valence-electron chi connectivity index (χ2n) is 4.38. The predicted octanol–water partition coefficient (Wildman–Crippen LogP) is 1.67. The lowest BCUT2D eigenvalue weighted by Gasteiger charge is -2.35. The summed E-state index contributed by atoms with van der Waals surface area (Å²) in [5.74, 6) is 0. The van der Waals surface area contributed by atoms with Crippen molar-refractivity contribution in [2.45, 2.75) is 13.0 Å². The van der Waals surface area contributed by atoms with E-state index in [9.17, 15) is 4.79 Å². The maximum atomic E-state index is 12.1. The molecule has 1 heterocycles. The van der Waals surface area contributed by atoms with Crippen LogP contribution in [0.3, 0.4) is 0 Å². The lowest BCUT2D eigenvalue weighted by atomic mass is 10.1. The van der Waals surface area contributed by atoms with E-state index in [1.807, 2.05) is 37.2 Å². The number of rotatable bonds is 4. The Kier molecular flexibility index (Phi) is 3.64. The minimum Gasteiger partial charge on any atom is -0.323 e. The van der Waals surface area contributed by atoms with Crippen molar-refractivity contribution in [3.63, 3.8) is 0 Å². The van der Waals surface area contributed by atoms with Crippen LogP contribution in [0.25, 0.3) is 0 Å². The summed E-state index contributed by atoms with van der Waals surface area (Å²) in [4.78, 5) is 15.8. The van der Waals surface area contributed by atoms with E-state index in [-0.39, 0.29) is 6.03 Å². The monoisotopic (exact) mass is 233 g/mol. The van der Waals surface area contributed by atoms with E-state index in [2.05, 4.69) is 11.4 Å². The van der Waals surface area contributed by atoms with Crippen molar-refractivity contribution >= 4 is 11.7 Å². The number of nitrogens with zero attached hydrogens (tertiary/aromatic N) is 2. The molecule has 92 valence electrons. The normalized spacial score (nSPS) is 15.1. The molecular formula is C13H19N3O. The Bertz CT molecular complexity index is 405. The highest BCUT2D eigenvalue weighted by atomic mass is 16.2. The number of carbonyl (C=O) groups is 1. The molecule has 0 unspecified atom stereocenters. The smallest absolute Gasteiger partial charge is 0.323 e. The number of carbonyl (C=O) groups excluding carboxylic acids is 1. The van der Waals surface area contributed by atoms with Gasteiger partial charge < -0.3 is 10.2 Å². The average Bonchev–Trinajstić information content (AvgIpc) is 2.34. The van der Waals surface area contributed by atoms with Crippen LogP contribution < -0.4 is 10.2 Å². The number of para-hydroxylation sites is 1. The Hall–Kier alpha value is -1.55. The summed E-state index contributed by atoms with van der Waals surface area (Å²) in [5, 5.41) is 3.11. The molecule has 0 atom stereocenters. The van der Waals surface area contributed by atoms with Gasteiger partial charge in [0.05, 0.1) is 5.69 Å². The Balaban J connectivity index is 2.20. The van der Waals surface area contributed by atoms with Crippen molar-refractivity contribution in [2.24, 2.45) is 0 Å². The molecule has 0 spiro atoms. The second-order valence-corrected chi connectivity index (χ2v) is 4.38. The lowest BCUT2D eigenvalue weighted by Crippen LogP contribution is -2.46. The largest absolute Gasteiger partial charge is 0.324 e. The minimum absolute atomic E-state index is 0.0970. The minimum atomic E-state index is 0.0970. The van der Waals surface area contributed by atoms with Crippen LogP contribution in [-0.2, 0) is 6.54 Å². The van der Waals surface area contributed by atoms with Crippen molar-refractivity contribution in [1.82, 2.24) is 10.2 Å². The first-order valence-corrected chi connectivity index (χ1v) is 5.99. The molecule has 0 aromatic heterocycles. The number of hydrogen-bond acceptors (Lipinski definition) is 2. The predicted molar refractivity (Wildman–Crippen MR) is 69.2 cm³/mol. The zero-order valence-electron chi connectivity index (χ0n) is 10.4. The number of urea groups is 1. The number of hydrogen-bond donors (Lipinski definition) is 1. The molecule has 0 fully saturated rings. The third kappa shape index (κ3) is 2.42. The number of amides is 2. The molecule has 1 aliphatic heterocycles. The van der Waals surface area contributed by atoms with E-state index < -0.39 is 0 Å². The number of nitrogens with one attached hydrogen (secondary N) is 1. The molecule has 1 aliphatic rings. The second kappa shape index (κ2) is 5.19. The molecule has 0 bridgehead atoms. The van der Waals surface area contributed by atoms with Gasteiger partial charge in [-0.2, -0.15) is 0 Å². The Labute approximate surface area is 102 Å². The third-order valence-electron chi connectivity index (χ3n) is 3.06. The van der Waals surface area contributed by atoms with Gasteiger partial charge in [0, 0.05) is 20.1 Å². The van der Waals surface area contributed by atoms with Gasteiger partial charge in [-0.05, 0) is 31.6 Å². The average molecular weight is 233 g/mol. The summed E-state index contributed by atoms with van der Waals surface area (Å²) >= 11 is 0. The standard InChI is InChI=1S/C13H19N3O/c1-14-8-5-9-16-12-7-4-3-6-11(12)10-15(2)13(16)17/h3-4,6-7,14H,5,8-10H2,1-2H3. The molecule has 1 aromatic carbocycles. The molecule has 2 amide bonds. The zero-order valence-corrected chi connectivity index (χ0v) is 10.4. The van der Waals surface area contributed by atoms with E-state index in [4.69, 9.17) is 0 Å². The van der Waals surface area contributed by atoms with E-state index in [1.165, 1.54) is 5.56 Å². The van der Waals surface area contributed by atoms with Crippen molar-refractivity contribution < 1.29 is 4.79 Å². The van der Waals surface area contributed by atoms with Crippen molar-refractivity contribution in [2.75, 3.05) is 32.1 Å². The molecule has 1 aromatic rings. The number of benzene rings is 1. The Morgan fingerprint density at radius 3 is 2.88 bits per heavy atom. The van der Waals surface area contributed by atoms with Crippen molar-refractivity contribution in [1.29, 1.82) is 0 Å². The summed E-state index contributed by atoms with van der Waals surface area (Å²) in [7, 11) is 3.78. The first-order valence-electron chi connectivity index (χ1n) is 5.99. The summed E-state index contributed by atoms with van der Waals surface area (Å²) < 4.78 is 0. The zero-order chi connectivity index (χ0) is 12.3. The van der Waals surface area contributed by atoms with Crippen LogP contribution in [0.4, 0.5) is 10.5 Å². The van der Waals surface area contributed by atoms with Crippen LogP contribution in [0, 0.1) is 0 Å². The van der Waals surface area contributed by atoms with Gasteiger partial charge in [0.25, 0.3) is 0 Å². The topological polar surface area (TPSA) is 35.6 Å². The van der Waals surface area contributed by atoms with E-state index >= 15 is 0 Å². The molecular weight excluding hydrogens is 214 g/mol. The van der Waals surface area contributed by atoms with Gasteiger partial charge in [-0.15, -0.1) is 0 Å². The summed E-state index contributed by atoms with van der Waals surface area (Å²) in [6.45, 7) is 2.40. The Morgan fingerprint density at radius 2 is 2.12 bits per heavy atom. The Morgan fingerprint density at radius 1 is 1.35 bits per heavy atom. The molecule has 0 aliphatic carbocycles. The molecule has 4 heteroatoms. The molecule has 0 saturated heterocycles. The maximum Gasteiger partial charge on any atom is 0.324 e. The fourth-order valence-corrected chi connectivity index (χ4v) is 2.17. The highest BCUT2D eigenvalue weighted by Crippen LogP contribution is 2.27. The third-order valence-corrected chi connectivity index (χ3v) is 3.06. The van der Waals surface area contributed by atoms with Crippen LogP contribution in [-0.4, -0.2) is 38.1 Å². The molecule has 0 radical (unpaired) electrons. The summed E-state index contributed by atoms with van der Waals surface area (Å²) in [6, 6.07) is 8.22. The number of anilines is 1. The van der Waals surface area contributed by atoms with Gasteiger partial charge in [-0.3, -0.25) is 4.90 Å². The van der Waals surface area contributed by atoms with Crippen molar-refractivity contribution in [3.8, 4) is 0 Å². The fourth-order valence-electron chi connectivity index (χ4n) is 2.17. The molecule has 0 saturated carbocycles. The molecule has 1 N–H and O–H groups in total. The quantitative estimate of drug-likeness (QED) is 0.803. The lowest BCUT2D eigenvalue weighted by molar-refractivity contribution is 0.210. The van der Waals surface area contributed by atoms with E-state index in [1.54, 1.807) is 4.90 Å². The van der Waals surface area contributed by atoms with Gasteiger partial charge in [0.1, 0.15) is 0 Å². The highest BCUT2D eigenvalue weighted by molar-refractivity contribution is 5.94. The highest BCUT2D eigenvalue weighted by Gasteiger charge is 2.26. The fraction of sp³-hybridized carbons (Fsp3) is 0.462. The van der Waals surface area contributed by atoms with Crippen LogP contribution in [0.15, 0.2) is 24.3 Å². The van der Waals surface area contributed by atoms with Crippen LogP contribution in [0.2, 0.25) is 0 Å². The van der Waals surface area contributed by atoms with Gasteiger partial charge in [-0.1, -0.05) is 18.2 Å². The molecule has 2 rings (SSSR count). The van der Waals surface area contributed by atoms with Crippen molar-refractivity contribution in [3.05, 3.63) is 29.8 Å². The summed E-state index contributed by atoms with van der Waals surface area (Å²) in [5.41, 5.74) is 2.28. The van der Waals surface area contributed by atoms with Crippen LogP contribution in [0.5, 0.6) is 0 Å². The van der Waals surface area contributed by atoms with E-state index in [0.29, 0.717) is 6.54 Å². The van der Waals surface area contributed by atoms with Crippen LogP contribution >= 0.6 is 0 Å². The first kappa shape index (κ1) is 11.9. The van der Waals surface area contributed by atoms with Crippen LogP contribution in [0.1, 0.15) is 12.0 Å². The van der Waals surface area contributed by atoms with E-state index in [0.717, 1.165) is 25.2 Å². The summed E-state index contributed by atoms with van der Waals surface area (Å²) in [6.07, 6.45) is 0.963. The van der Waals surface area contributed by atoms with Gasteiger partial charge in [0.2, 0.25) is 0 Å². The SMILES string of the molecule is CNCCCN1C(=O)N(C)Cc2ccccc21. The maximum absolute atomic E-state index is 12.1. The molecule has 17 heavy (non-hydrogen) atoms. The molecule has 4 nitrogen and oxygen atoms in total. The number of fused-ring (bicyclic) bond motifs is 1. The van der Waals surface area contributed by atoms with Gasteiger partial charge in [0.15, 0.2) is 0 Å². The van der Waals surface area contributed by atoms with Gasteiger partial charge in [-0.25, -0.2) is 4.79 Å².